The van der Waals surface area contributed by atoms with Crippen molar-refractivity contribution in [3.8, 4) is 0 Å². The Morgan fingerprint density at radius 2 is 2.06 bits per heavy atom. The third-order valence-corrected chi connectivity index (χ3v) is 4.43. The summed E-state index contributed by atoms with van der Waals surface area (Å²) in [4.78, 5) is 0. The molecule has 0 spiro atoms. The van der Waals surface area contributed by atoms with Gasteiger partial charge in [-0.15, -0.1) is 10.2 Å². The van der Waals surface area contributed by atoms with Gasteiger partial charge in [-0.25, -0.2) is 0 Å². The van der Waals surface area contributed by atoms with Crippen molar-refractivity contribution in [1.82, 2.24) is 20.1 Å². The van der Waals surface area contributed by atoms with Crippen molar-refractivity contribution in [2.24, 2.45) is 7.05 Å². The van der Waals surface area contributed by atoms with E-state index < -0.39 is 0 Å². The first kappa shape index (κ1) is 12.1. The van der Waals surface area contributed by atoms with Crippen LogP contribution in [0.2, 0.25) is 0 Å². The Labute approximate surface area is 108 Å². The number of rotatable bonds is 5. The zero-order valence-electron chi connectivity index (χ0n) is 11.0. The molecule has 0 saturated heterocycles. The van der Waals surface area contributed by atoms with E-state index in [1.807, 2.05) is 7.05 Å². The van der Waals surface area contributed by atoms with Gasteiger partial charge in [-0.2, -0.15) is 0 Å². The van der Waals surface area contributed by atoms with Crippen LogP contribution < -0.4 is 5.32 Å². The van der Waals surface area contributed by atoms with Crippen molar-refractivity contribution in [2.75, 3.05) is 6.61 Å². The highest BCUT2D eigenvalue weighted by Gasteiger charge is 2.33. The van der Waals surface area contributed by atoms with Gasteiger partial charge in [0.25, 0.3) is 0 Å². The highest BCUT2D eigenvalue weighted by atomic mass is 16.3. The largest absolute Gasteiger partial charge is 0.394 e. The number of aromatic nitrogens is 3. The lowest BCUT2D eigenvalue weighted by Gasteiger charge is -2.27. The lowest BCUT2D eigenvalue weighted by atomic mass is 9.99. The fraction of sp³-hybridized carbons (Fsp3) is 0.846. The standard InChI is InChI=1S/C13H22N4O/c1-17-11(15-16-12(17)10-4-5-10)8-14-13(9-18)6-2-3-7-13/h10,14,18H,2-9H2,1H3. The fourth-order valence-corrected chi connectivity index (χ4v) is 2.94. The molecule has 0 aliphatic heterocycles. The number of nitrogens with zero attached hydrogens (tertiary/aromatic N) is 3. The maximum Gasteiger partial charge on any atom is 0.146 e. The van der Waals surface area contributed by atoms with E-state index in [0.29, 0.717) is 12.5 Å². The van der Waals surface area contributed by atoms with E-state index in [0.717, 1.165) is 24.5 Å². The maximum atomic E-state index is 9.56. The summed E-state index contributed by atoms with van der Waals surface area (Å²) >= 11 is 0. The van der Waals surface area contributed by atoms with Crippen LogP contribution in [0, 0.1) is 0 Å². The molecule has 2 aliphatic carbocycles. The molecule has 1 aromatic rings. The molecule has 5 heteroatoms. The molecule has 5 nitrogen and oxygen atoms in total. The summed E-state index contributed by atoms with van der Waals surface area (Å²) in [6, 6.07) is 0. The molecule has 0 radical (unpaired) electrons. The maximum absolute atomic E-state index is 9.56. The lowest BCUT2D eigenvalue weighted by Crippen LogP contribution is -2.45. The first-order chi connectivity index (χ1) is 8.74. The van der Waals surface area contributed by atoms with Crippen molar-refractivity contribution in [3.63, 3.8) is 0 Å². The molecule has 3 rings (SSSR count). The van der Waals surface area contributed by atoms with Crippen molar-refractivity contribution >= 4 is 0 Å². The van der Waals surface area contributed by atoms with Gasteiger partial charge in [-0.1, -0.05) is 12.8 Å². The lowest BCUT2D eigenvalue weighted by molar-refractivity contribution is 0.161. The minimum Gasteiger partial charge on any atom is -0.394 e. The highest BCUT2D eigenvalue weighted by molar-refractivity contribution is 5.08. The van der Waals surface area contributed by atoms with Crippen molar-refractivity contribution in [1.29, 1.82) is 0 Å². The third-order valence-electron chi connectivity index (χ3n) is 4.43. The van der Waals surface area contributed by atoms with Gasteiger partial charge in [0.05, 0.1) is 13.2 Å². The SMILES string of the molecule is Cn1c(CNC2(CO)CCCC2)nnc1C1CC1. The van der Waals surface area contributed by atoms with E-state index in [9.17, 15) is 5.11 Å². The van der Waals surface area contributed by atoms with Gasteiger partial charge in [0.1, 0.15) is 11.6 Å². The zero-order valence-corrected chi connectivity index (χ0v) is 11.0. The summed E-state index contributed by atoms with van der Waals surface area (Å²) in [6.07, 6.45) is 7.05. The summed E-state index contributed by atoms with van der Waals surface area (Å²) < 4.78 is 2.12. The zero-order chi connectivity index (χ0) is 12.6. The van der Waals surface area contributed by atoms with E-state index in [1.165, 1.54) is 25.7 Å². The second-order valence-corrected chi connectivity index (χ2v) is 5.81. The van der Waals surface area contributed by atoms with E-state index >= 15 is 0 Å². The molecule has 1 heterocycles. The molecule has 2 aliphatic rings. The van der Waals surface area contributed by atoms with Crippen molar-refractivity contribution < 1.29 is 5.11 Å². The molecule has 0 atom stereocenters. The van der Waals surface area contributed by atoms with Crippen molar-refractivity contribution in [2.45, 2.75) is 56.5 Å². The second-order valence-electron chi connectivity index (χ2n) is 5.81. The molecule has 18 heavy (non-hydrogen) atoms. The molecular formula is C13H22N4O. The van der Waals surface area contributed by atoms with Crippen molar-refractivity contribution in [3.05, 3.63) is 11.6 Å². The molecule has 2 N–H and O–H groups in total. The molecule has 2 saturated carbocycles. The summed E-state index contributed by atoms with van der Waals surface area (Å²) in [7, 11) is 2.05. The molecule has 1 aromatic heterocycles. The van der Waals surface area contributed by atoms with Gasteiger partial charge in [0.2, 0.25) is 0 Å². The van der Waals surface area contributed by atoms with Crippen LogP contribution in [0.5, 0.6) is 0 Å². The Morgan fingerprint density at radius 3 is 2.67 bits per heavy atom. The highest BCUT2D eigenvalue weighted by Crippen LogP contribution is 2.38. The third kappa shape index (κ3) is 2.17. The number of hydrogen-bond donors (Lipinski definition) is 2. The van der Waals surface area contributed by atoms with Crippen LogP contribution in [0.25, 0.3) is 0 Å². The number of hydrogen-bond acceptors (Lipinski definition) is 4. The number of nitrogens with one attached hydrogen (secondary N) is 1. The van der Waals surface area contributed by atoms with Gasteiger partial charge in [0, 0.05) is 18.5 Å². The Kier molecular flexibility index (Phi) is 3.11. The van der Waals surface area contributed by atoms with Crippen LogP contribution in [-0.2, 0) is 13.6 Å². The fourth-order valence-electron chi connectivity index (χ4n) is 2.94. The Morgan fingerprint density at radius 1 is 1.33 bits per heavy atom. The first-order valence-electron chi connectivity index (χ1n) is 6.98. The predicted octanol–water partition coefficient (Wildman–Crippen LogP) is 1.09. The van der Waals surface area contributed by atoms with Crippen LogP contribution >= 0.6 is 0 Å². The average Bonchev–Trinajstić information content (AvgIpc) is 3.00. The monoisotopic (exact) mass is 250 g/mol. The van der Waals surface area contributed by atoms with E-state index in [1.54, 1.807) is 0 Å². The first-order valence-corrected chi connectivity index (χ1v) is 6.98. The minimum absolute atomic E-state index is 0.0777. The molecule has 0 amide bonds. The Hall–Kier alpha value is -0.940. The molecule has 0 aromatic carbocycles. The average molecular weight is 250 g/mol. The summed E-state index contributed by atoms with van der Waals surface area (Å²) in [6.45, 7) is 0.928. The molecule has 0 unspecified atom stereocenters. The Balaban J connectivity index is 1.65. The summed E-state index contributed by atoms with van der Waals surface area (Å²) in [5.74, 6) is 2.74. The second kappa shape index (κ2) is 4.63. The quantitative estimate of drug-likeness (QED) is 0.821. The van der Waals surface area contributed by atoms with Crippen LogP contribution in [0.4, 0.5) is 0 Å². The summed E-state index contributed by atoms with van der Waals surface area (Å²) in [5.41, 5.74) is -0.0777. The minimum atomic E-state index is -0.0777. The molecular weight excluding hydrogens is 228 g/mol. The van der Waals surface area contributed by atoms with Crippen LogP contribution in [0.3, 0.4) is 0 Å². The van der Waals surface area contributed by atoms with Gasteiger partial charge < -0.3 is 15.0 Å². The van der Waals surface area contributed by atoms with Gasteiger partial charge in [0.15, 0.2) is 0 Å². The van der Waals surface area contributed by atoms with Gasteiger partial charge in [-0.3, -0.25) is 0 Å². The van der Waals surface area contributed by atoms with E-state index in [2.05, 4.69) is 20.1 Å². The number of aliphatic hydroxyl groups is 1. The summed E-state index contributed by atoms with van der Waals surface area (Å²) in [5, 5.41) is 21.6. The van der Waals surface area contributed by atoms with Crippen LogP contribution in [0.1, 0.15) is 56.1 Å². The van der Waals surface area contributed by atoms with Crippen LogP contribution in [-0.4, -0.2) is 32.0 Å². The normalized spacial score (nSPS) is 22.6. The topological polar surface area (TPSA) is 63.0 Å². The molecule has 0 bridgehead atoms. The van der Waals surface area contributed by atoms with Gasteiger partial charge >= 0.3 is 0 Å². The smallest absolute Gasteiger partial charge is 0.146 e. The number of aliphatic hydroxyl groups excluding tert-OH is 1. The van der Waals surface area contributed by atoms with E-state index in [-0.39, 0.29) is 12.1 Å². The van der Waals surface area contributed by atoms with Crippen LogP contribution in [0.15, 0.2) is 0 Å². The Bertz CT molecular complexity index is 419. The van der Waals surface area contributed by atoms with Gasteiger partial charge in [-0.05, 0) is 25.7 Å². The molecule has 100 valence electrons. The predicted molar refractivity (Wildman–Crippen MR) is 68.1 cm³/mol. The van der Waals surface area contributed by atoms with E-state index in [4.69, 9.17) is 0 Å². The molecule has 2 fully saturated rings.